The van der Waals surface area contributed by atoms with Gasteiger partial charge in [-0.25, -0.2) is 9.37 Å². The van der Waals surface area contributed by atoms with Gasteiger partial charge in [-0.05, 0) is 24.3 Å². The topological polar surface area (TPSA) is 65.2 Å². The molecule has 0 aliphatic heterocycles. The number of rotatable bonds is 3. The third-order valence-corrected chi connectivity index (χ3v) is 2.51. The molecule has 18 heavy (non-hydrogen) atoms. The van der Waals surface area contributed by atoms with Crippen LogP contribution in [0.3, 0.4) is 0 Å². The lowest BCUT2D eigenvalue weighted by molar-refractivity contribution is 0.103. The summed E-state index contributed by atoms with van der Waals surface area (Å²) in [4.78, 5) is 16.0. The number of benzene rings is 1. The molecule has 0 radical (unpaired) electrons. The van der Waals surface area contributed by atoms with Gasteiger partial charge in [-0.2, -0.15) is 0 Å². The van der Waals surface area contributed by atoms with E-state index in [9.17, 15) is 9.18 Å². The van der Waals surface area contributed by atoms with Gasteiger partial charge in [0.05, 0.1) is 12.7 Å². The SMILES string of the molecule is COc1cccc(F)c1C(=O)c1cccnc1N. The molecule has 5 heteroatoms. The molecule has 1 aromatic heterocycles. The number of nitrogen functional groups attached to an aromatic ring is 1. The number of nitrogens with zero attached hydrogens (tertiary/aromatic N) is 1. The zero-order valence-corrected chi connectivity index (χ0v) is 9.68. The van der Waals surface area contributed by atoms with Crippen molar-refractivity contribution in [3.05, 3.63) is 53.5 Å². The first-order valence-electron chi connectivity index (χ1n) is 5.23. The maximum atomic E-state index is 13.7. The van der Waals surface area contributed by atoms with Crippen LogP contribution in [0.2, 0.25) is 0 Å². The maximum absolute atomic E-state index is 13.7. The summed E-state index contributed by atoms with van der Waals surface area (Å²) in [6, 6.07) is 7.25. The summed E-state index contributed by atoms with van der Waals surface area (Å²) in [7, 11) is 1.37. The standard InChI is InChI=1S/C13H11FN2O2/c1-18-10-6-2-5-9(14)11(10)12(17)8-4-3-7-16-13(8)15/h2-7H,1H3,(H2,15,16). The molecule has 0 atom stereocenters. The third kappa shape index (κ3) is 2.02. The van der Waals surface area contributed by atoms with Crippen molar-refractivity contribution in [2.45, 2.75) is 0 Å². The predicted octanol–water partition coefficient (Wildman–Crippen LogP) is 2.04. The van der Waals surface area contributed by atoms with Gasteiger partial charge < -0.3 is 10.5 Å². The highest BCUT2D eigenvalue weighted by molar-refractivity contribution is 6.13. The number of ether oxygens (including phenoxy) is 1. The van der Waals surface area contributed by atoms with E-state index in [1.54, 1.807) is 6.07 Å². The molecule has 0 aliphatic carbocycles. The normalized spacial score (nSPS) is 10.1. The van der Waals surface area contributed by atoms with Gasteiger partial charge in [0.1, 0.15) is 22.9 Å². The summed E-state index contributed by atoms with van der Waals surface area (Å²) in [6.07, 6.45) is 1.46. The minimum absolute atomic E-state index is 0.0628. The fourth-order valence-electron chi connectivity index (χ4n) is 1.64. The Morgan fingerprint density at radius 1 is 1.33 bits per heavy atom. The lowest BCUT2D eigenvalue weighted by Crippen LogP contribution is -2.10. The Labute approximate surface area is 103 Å². The van der Waals surface area contributed by atoms with Crippen molar-refractivity contribution in [2.75, 3.05) is 12.8 Å². The number of halogens is 1. The van der Waals surface area contributed by atoms with Crippen LogP contribution >= 0.6 is 0 Å². The Kier molecular flexibility index (Phi) is 3.23. The van der Waals surface area contributed by atoms with E-state index < -0.39 is 11.6 Å². The molecular formula is C13H11FN2O2. The molecule has 0 bridgehead atoms. The first-order valence-corrected chi connectivity index (χ1v) is 5.23. The highest BCUT2D eigenvalue weighted by Crippen LogP contribution is 2.25. The van der Waals surface area contributed by atoms with Crippen molar-refractivity contribution in [3.8, 4) is 5.75 Å². The summed E-state index contributed by atoms with van der Waals surface area (Å²) >= 11 is 0. The van der Waals surface area contributed by atoms with Gasteiger partial charge in [0.25, 0.3) is 0 Å². The Bertz CT molecular complexity index is 599. The number of hydrogen-bond acceptors (Lipinski definition) is 4. The van der Waals surface area contributed by atoms with Crippen LogP contribution < -0.4 is 10.5 Å². The molecule has 0 fully saturated rings. The molecule has 2 N–H and O–H groups in total. The summed E-state index contributed by atoms with van der Waals surface area (Å²) < 4.78 is 18.7. The van der Waals surface area contributed by atoms with Crippen LogP contribution in [0.4, 0.5) is 10.2 Å². The van der Waals surface area contributed by atoms with Crippen molar-refractivity contribution in [3.63, 3.8) is 0 Å². The van der Waals surface area contributed by atoms with Crippen LogP contribution in [-0.4, -0.2) is 17.9 Å². The van der Waals surface area contributed by atoms with E-state index in [0.717, 1.165) is 0 Å². The maximum Gasteiger partial charge on any atom is 0.203 e. The molecule has 92 valence electrons. The Morgan fingerprint density at radius 3 is 2.78 bits per heavy atom. The Morgan fingerprint density at radius 2 is 2.11 bits per heavy atom. The molecule has 4 nitrogen and oxygen atoms in total. The zero-order valence-electron chi connectivity index (χ0n) is 9.68. The Hall–Kier alpha value is -2.43. The van der Waals surface area contributed by atoms with Crippen molar-refractivity contribution in [1.29, 1.82) is 0 Å². The molecule has 0 saturated heterocycles. The summed E-state index contributed by atoms with van der Waals surface area (Å²) in [5, 5.41) is 0. The predicted molar refractivity (Wildman–Crippen MR) is 65.0 cm³/mol. The van der Waals surface area contributed by atoms with Gasteiger partial charge in [-0.3, -0.25) is 4.79 Å². The summed E-state index contributed by atoms with van der Waals surface area (Å²) in [5.41, 5.74) is 5.62. The van der Waals surface area contributed by atoms with Gasteiger partial charge in [0, 0.05) is 6.20 Å². The minimum atomic E-state index is -0.650. The molecule has 0 spiro atoms. The number of hydrogen-bond donors (Lipinski definition) is 1. The van der Waals surface area contributed by atoms with Gasteiger partial charge in [0.15, 0.2) is 0 Å². The van der Waals surface area contributed by atoms with Gasteiger partial charge in [-0.15, -0.1) is 0 Å². The minimum Gasteiger partial charge on any atom is -0.496 e. The van der Waals surface area contributed by atoms with E-state index in [1.165, 1.54) is 37.6 Å². The van der Waals surface area contributed by atoms with Crippen LogP contribution in [0.25, 0.3) is 0 Å². The Balaban J connectivity index is 2.56. The number of pyridine rings is 1. The summed E-state index contributed by atoms with van der Waals surface area (Å²) in [5.74, 6) is -0.964. The van der Waals surface area contributed by atoms with E-state index in [4.69, 9.17) is 10.5 Å². The molecule has 0 aliphatic rings. The number of anilines is 1. The first kappa shape index (κ1) is 12.0. The average molecular weight is 246 g/mol. The van der Waals surface area contributed by atoms with E-state index in [1.807, 2.05) is 0 Å². The average Bonchev–Trinajstić information content (AvgIpc) is 2.38. The molecule has 1 heterocycles. The molecule has 1 aromatic carbocycles. The number of aromatic nitrogens is 1. The van der Waals surface area contributed by atoms with E-state index in [2.05, 4.69) is 4.98 Å². The molecule has 0 unspecified atom stereocenters. The van der Waals surface area contributed by atoms with Crippen molar-refractivity contribution in [1.82, 2.24) is 4.98 Å². The van der Waals surface area contributed by atoms with Crippen molar-refractivity contribution in [2.24, 2.45) is 0 Å². The molecule has 0 amide bonds. The van der Waals surface area contributed by atoms with Gasteiger partial charge >= 0.3 is 0 Å². The van der Waals surface area contributed by atoms with Crippen molar-refractivity contribution < 1.29 is 13.9 Å². The van der Waals surface area contributed by atoms with Crippen molar-refractivity contribution >= 4 is 11.6 Å². The smallest absolute Gasteiger partial charge is 0.203 e. The van der Waals surface area contributed by atoms with Crippen LogP contribution in [0, 0.1) is 5.82 Å². The number of methoxy groups -OCH3 is 1. The largest absolute Gasteiger partial charge is 0.496 e. The molecule has 2 rings (SSSR count). The monoisotopic (exact) mass is 246 g/mol. The van der Waals surface area contributed by atoms with Gasteiger partial charge in [0.2, 0.25) is 5.78 Å². The van der Waals surface area contributed by atoms with Gasteiger partial charge in [-0.1, -0.05) is 6.07 Å². The molecule has 2 aromatic rings. The molecule has 0 saturated carbocycles. The number of carbonyl (C=O) groups is 1. The third-order valence-electron chi connectivity index (χ3n) is 2.51. The molecular weight excluding hydrogens is 235 g/mol. The van der Waals surface area contributed by atoms with E-state index >= 15 is 0 Å². The zero-order chi connectivity index (χ0) is 13.1. The highest BCUT2D eigenvalue weighted by Gasteiger charge is 2.21. The van der Waals surface area contributed by atoms with Crippen LogP contribution in [0.15, 0.2) is 36.5 Å². The van der Waals surface area contributed by atoms with Crippen LogP contribution in [0.1, 0.15) is 15.9 Å². The summed E-state index contributed by atoms with van der Waals surface area (Å²) in [6.45, 7) is 0. The van der Waals surface area contributed by atoms with E-state index in [-0.39, 0.29) is 22.7 Å². The van der Waals surface area contributed by atoms with E-state index in [0.29, 0.717) is 0 Å². The lowest BCUT2D eigenvalue weighted by atomic mass is 10.0. The first-order chi connectivity index (χ1) is 8.65. The fraction of sp³-hybridized carbons (Fsp3) is 0.0769. The number of carbonyl (C=O) groups excluding carboxylic acids is 1. The fourth-order valence-corrected chi connectivity index (χ4v) is 1.64. The van der Waals surface area contributed by atoms with Crippen LogP contribution in [-0.2, 0) is 0 Å². The number of ketones is 1. The highest BCUT2D eigenvalue weighted by atomic mass is 19.1. The second-order valence-corrected chi connectivity index (χ2v) is 3.58. The quantitative estimate of drug-likeness (QED) is 0.842. The number of nitrogens with two attached hydrogens (primary N) is 1. The lowest BCUT2D eigenvalue weighted by Gasteiger charge is -2.09. The second-order valence-electron chi connectivity index (χ2n) is 3.58. The second kappa shape index (κ2) is 4.83. The van der Waals surface area contributed by atoms with Crippen LogP contribution in [0.5, 0.6) is 5.75 Å².